The second-order valence-electron chi connectivity index (χ2n) is 5.78. The molecule has 1 atom stereocenters. The third-order valence-electron chi connectivity index (χ3n) is 3.88. The number of hydrogen-bond donors (Lipinski definition) is 1. The zero-order chi connectivity index (χ0) is 12.8. The Hall–Kier alpha value is -0.860. The fourth-order valence-corrected chi connectivity index (χ4v) is 2.86. The van der Waals surface area contributed by atoms with Crippen molar-refractivity contribution in [1.82, 2.24) is 10.2 Å². The third-order valence-corrected chi connectivity index (χ3v) is 3.88. The Labute approximate surface area is 111 Å². The molecule has 0 radical (unpaired) electrons. The van der Waals surface area contributed by atoms with Crippen LogP contribution in [0.3, 0.4) is 0 Å². The van der Waals surface area contributed by atoms with Crippen LogP contribution in [-0.4, -0.2) is 32.1 Å². The second kappa shape index (κ2) is 6.91. The first-order valence-electron chi connectivity index (χ1n) is 7.19. The van der Waals surface area contributed by atoms with Gasteiger partial charge in [-0.15, -0.1) is 0 Å². The van der Waals surface area contributed by atoms with Gasteiger partial charge in [0.2, 0.25) is 0 Å². The van der Waals surface area contributed by atoms with Gasteiger partial charge in [0.1, 0.15) is 0 Å². The summed E-state index contributed by atoms with van der Waals surface area (Å²) in [6.07, 6.45) is 5.68. The molecule has 1 aliphatic rings. The molecule has 2 heteroatoms. The van der Waals surface area contributed by atoms with E-state index in [-0.39, 0.29) is 0 Å². The van der Waals surface area contributed by atoms with Gasteiger partial charge in [-0.1, -0.05) is 43.2 Å². The van der Waals surface area contributed by atoms with Gasteiger partial charge in [0, 0.05) is 12.6 Å². The molecule has 100 valence electrons. The maximum absolute atomic E-state index is 3.77. The van der Waals surface area contributed by atoms with Crippen LogP contribution in [0.25, 0.3) is 0 Å². The largest absolute Gasteiger partial charge is 0.309 e. The molecule has 1 aromatic rings. The number of nitrogens with one attached hydrogen (secondary N) is 1. The van der Waals surface area contributed by atoms with Crippen molar-refractivity contribution in [2.24, 2.45) is 5.92 Å². The van der Waals surface area contributed by atoms with Gasteiger partial charge in [0.15, 0.2) is 0 Å². The summed E-state index contributed by atoms with van der Waals surface area (Å²) < 4.78 is 0. The first kappa shape index (κ1) is 13.6. The Morgan fingerprint density at radius 1 is 1.17 bits per heavy atom. The van der Waals surface area contributed by atoms with E-state index in [1.165, 1.54) is 37.8 Å². The van der Waals surface area contributed by atoms with Crippen LogP contribution in [0.1, 0.15) is 37.3 Å². The van der Waals surface area contributed by atoms with Gasteiger partial charge in [-0.2, -0.15) is 0 Å². The summed E-state index contributed by atoms with van der Waals surface area (Å²) in [6.45, 7) is 2.24. The van der Waals surface area contributed by atoms with E-state index in [1.54, 1.807) is 0 Å². The predicted molar refractivity (Wildman–Crippen MR) is 77.7 cm³/mol. The van der Waals surface area contributed by atoms with Gasteiger partial charge < -0.3 is 10.2 Å². The van der Waals surface area contributed by atoms with E-state index in [0.717, 1.165) is 12.5 Å². The molecular formula is C16H26N2. The molecule has 1 fully saturated rings. The summed E-state index contributed by atoms with van der Waals surface area (Å²) in [5.41, 5.74) is 1.41. The van der Waals surface area contributed by atoms with Crippen molar-refractivity contribution in [1.29, 1.82) is 0 Å². The molecule has 0 aliphatic heterocycles. The van der Waals surface area contributed by atoms with E-state index in [4.69, 9.17) is 0 Å². The van der Waals surface area contributed by atoms with Crippen molar-refractivity contribution < 1.29 is 0 Å². The maximum atomic E-state index is 3.77. The lowest BCUT2D eigenvalue weighted by Gasteiger charge is -2.24. The van der Waals surface area contributed by atoms with Crippen LogP contribution >= 0.6 is 0 Å². The Bertz CT molecular complexity index is 328. The van der Waals surface area contributed by atoms with Crippen LogP contribution in [0.15, 0.2) is 30.3 Å². The summed E-state index contributed by atoms with van der Waals surface area (Å²) in [5, 5.41) is 3.77. The fraction of sp³-hybridized carbons (Fsp3) is 0.625. The van der Waals surface area contributed by atoms with E-state index in [0.29, 0.717) is 6.04 Å². The highest BCUT2D eigenvalue weighted by atomic mass is 15.1. The van der Waals surface area contributed by atoms with Crippen LogP contribution in [0.5, 0.6) is 0 Å². The number of likely N-dealkylation sites (N-methyl/N-ethyl adjacent to an activating group) is 1. The van der Waals surface area contributed by atoms with Crippen LogP contribution in [-0.2, 0) is 0 Å². The molecule has 0 bridgehead atoms. The molecule has 0 spiro atoms. The normalized spacial score (nSPS) is 18.4. The van der Waals surface area contributed by atoms with Crippen molar-refractivity contribution in [2.75, 3.05) is 27.2 Å². The molecule has 1 N–H and O–H groups in total. The number of rotatable bonds is 6. The van der Waals surface area contributed by atoms with Gasteiger partial charge in [-0.05, 0) is 45.0 Å². The van der Waals surface area contributed by atoms with Crippen molar-refractivity contribution in [3.05, 3.63) is 35.9 Å². The minimum Gasteiger partial charge on any atom is -0.309 e. The van der Waals surface area contributed by atoms with Crippen molar-refractivity contribution in [3.8, 4) is 0 Å². The first-order valence-corrected chi connectivity index (χ1v) is 7.19. The van der Waals surface area contributed by atoms with E-state index >= 15 is 0 Å². The fourth-order valence-electron chi connectivity index (χ4n) is 2.86. The number of benzene rings is 1. The van der Waals surface area contributed by atoms with E-state index < -0.39 is 0 Å². The van der Waals surface area contributed by atoms with Gasteiger partial charge >= 0.3 is 0 Å². The topological polar surface area (TPSA) is 15.3 Å². The lowest BCUT2D eigenvalue weighted by molar-refractivity contribution is 0.327. The molecular weight excluding hydrogens is 220 g/mol. The molecule has 1 aliphatic carbocycles. The smallest absolute Gasteiger partial charge is 0.0449 e. The molecule has 0 saturated heterocycles. The first-order chi connectivity index (χ1) is 8.75. The van der Waals surface area contributed by atoms with Crippen LogP contribution in [0.4, 0.5) is 0 Å². The van der Waals surface area contributed by atoms with Crippen LogP contribution < -0.4 is 5.32 Å². The highest BCUT2D eigenvalue weighted by Gasteiger charge is 2.18. The van der Waals surface area contributed by atoms with E-state index in [2.05, 4.69) is 54.6 Å². The van der Waals surface area contributed by atoms with Gasteiger partial charge in [0.05, 0.1) is 0 Å². The highest BCUT2D eigenvalue weighted by molar-refractivity contribution is 5.19. The van der Waals surface area contributed by atoms with Crippen LogP contribution in [0, 0.1) is 5.92 Å². The average Bonchev–Trinajstić information content (AvgIpc) is 2.88. The summed E-state index contributed by atoms with van der Waals surface area (Å²) in [5.74, 6) is 0.901. The third kappa shape index (κ3) is 4.11. The minimum atomic E-state index is 0.460. The predicted octanol–water partition coefficient (Wildman–Crippen LogP) is 3.07. The summed E-state index contributed by atoms with van der Waals surface area (Å²) in [7, 11) is 4.29. The molecule has 0 heterocycles. The highest BCUT2D eigenvalue weighted by Crippen LogP contribution is 2.25. The molecule has 1 unspecified atom stereocenters. The quantitative estimate of drug-likeness (QED) is 0.830. The van der Waals surface area contributed by atoms with E-state index in [1.807, 2.05) is 0 Å². The summed E-state index contributed by atoms with van der Waals surface area (Å²) in [6, 6.07) is 11.3. The monoisotopic (exact) mass is 246 g/mol. The SMILES string of the molecule is CN(C)CC(NCC1CCCC1)c1ccccc1. The molecule has 18 heavy (non-hydrogen) atoms. The van der Waals surface area contributed by atoms with Crippen LogP contribution in [0.2, 0.25) is 0 Å². The van der Waals surface area contributed by atoms with Gasteiger partial charge in [-0.25, -0.2) is 0 Å². The molecule has 2 rings (SSSR count). The molecule has 1 saturated carbocycles. The standard InChI is InChI=1S/C16H26N2/c1-18(2)13-16(15-10-4-3-5-11-15)17-12-14-8-6-7-9-14/h3-5,10-11,14,16-17H,6-9,12-13H2,1-2H3. The molecule has 2 nitrogen and oxygen atoms in total. The summed E-state index contributed by atoms with van der Waals surface area (Å²) >= 11 is 0. The zero-order valence-corrected chi connectivity index (χ0v) is 11.7. The lowest BCUT2D eigenvalue weighted by atomic mass is 10.0. The van der Waals surface area contributed by atoms with E-state index in [9.17, 15) is 0 Å². The number of nitrogens with zero attached hydrogens (tertiary/aromatic N) is 1. The summed E-state index contributed by atoms with van der Waals surface area (Å²) in [4.78, 5) is 2.26. The van der Waals surface area contributed by atoms with Gasteiger partial charge in [0.25, 0.3) is 0 Å². The maximum Gasteiger partial charge on any atom is 0.0449 e. The minimum absolute atomic E-state index is 0.460. The molecule has 0 amide bonds. The van der Waals surface area contributed by atoms with Crippen molar-refractivity contribution in [2.45, 2.75) is 31.7 Å². The zero-order valence-electron chi connectivity index (χ0n) is 11.7. The van der Waals surface area contributed by atoms with Crippen molar-refractivity contribution in [3.63, 3.8) is 0 Å². The Balaban J connectivity index is 1.92. The van der Waals surface area contributed by atoms with Gasteiger partial charge in [-0.3, -0.25) is 0 Å². The number of hydrogen-bond acceptors (Lipinski definition) is 2. The Kier molecular flexibility index (Phi) is 5.21. The lowest BCUT2D eigenvalue weighted by Crippen LogP contribution is -2.33. The average molecular weight is 246 g/mol. The molecule has 0 aromatic heterocycles. The Morgan fingerprint density at radius 3 is 2.44 bits per heavy atom. The van der Waals surface area contributed by atoms with Crippen molar-refractivity contribution >= 4 is 0 Å². The second-order valence-corrected chi connectivity index (χ2v) is 5.78. The Morgan fingerprint density at radius 2 is 1.83 bits per heavy atom. The molecule has 1 aromatic carbocycles.